The smallest absolute Gasteiger partial charge is 0.306 e. The van der Waals surface area contributed by atoms with Gasteiger partial charge < -0.3 is 9.47 Å². The van der Waals surface area contributed by atoms with E-state index in [-0.39, 0.29) is 11.3 Å². The number of carbonyl (C=O) groups is 1. The molecular weight excluding hydrogens is 304 g/mol. The molecule has 0 aliphatic carbocycles. The molecule has 0 radical (unpaired) electrons. The Labute approximate surface area is 139 Å². The Morgan fingerprint density at radius 1 is 1.14 bits per heavy atom. The quantitative estimate of drug-likeness (QED) is 0.445. The van der Waals surface area contributed by atoms with Gasteiger partial charge in [0.05, 0.1) is 19.0 Å². The standard InChI is InChI=1S/C12H17ClN2O3.2C2H6/c1-12(2,3)18-10(16)5-4-6-17-9-7-14-11(13)15-8-9;2*1-2/h7-8H,4-6H2,1-3H3;2*1-2H3. The van der Waals surface area contributed by atoms with Gasteiger partial charge in [0, 0.05) is 6.42 Å². The van der Waals surface area contributed by atoms with Crippen molar-refractivity contribution in [2.24, 2.45) is 0 Å². The predicted octanol–water partition coefficient (Wildman–Crippen LogP) is 4.68. The molecule has 0 amide bonds. The minimum absolute atomic E-state index is 0.177. The minimum Gasteiger partial charge on any atom is -0.490 e. The summed E-state index contributed by atoms with van der Waals surface area (Å²) >= 11 is 5.54. The topological polar surface area (TPSA) is 61.3 Å². The van der Waals surface area contributed by atoms with E-state index in [1.54, 1.807) is 0 Å². The lowest BCUT2D eigenvalue weighted by molar-refractivity contribution is -0.155. The van der Waals surface area contributed by atoms with E-state index in [9.17, 15) is 4.79 Å². The third-order valence-corrected chi connectivity index (χ3v) is 2.01. The first kappa shape index (κ1) is 22.9. The number of hydrogen-bond acceptors (Lipinski definition) is 5. The molecule has 0 aliphatic heterocycles. The maximum Gasteiger partial charge on any atom is 0.306 e. The van der Waals surface area contributed by atoms with Gasteiger partial charge in [-0.05, 0) is 38.8 Å². The molecule has 0 saturated carbocycles. The van der Waals surface area contributed by atoms with Crippen molar-refractivity contribution in [3.8, 4) is 5.75 Å². The van der Waals surface area contributed by atoms with E-state index < -0.39 is 5.60 Å². The highest BCUT2D eigenvalue weighted by atomic mass is 35.5. The first-order chi connectivity index (χ1) is 10.4. The fraction of sp³-hybridized carbons (Fsp3) is 0.688. The van der Waals surface area contributed by atoms with Gasteiger partial charge in [0.2, 0.25) is 5.28 Å². The van der Waals surface area contributed by atoms with Crippen LogP contribution in [-0.2, 0) is 9.53 Å². The average molecular weight is 333 g/mol. The number of hydrogen-bond donors (Lipinski definition) is 0. The van der Waals surface area contributed by atoms with Crippen LogP contribution in [0, 0.1) is 0 Å². The Morgan fingerprint density at radius 3 is 2.09 bits per heavy atom. The Balaban J connectivity index is 0. The monoisotopic (exact) mass is 332 g/mol. The van der Waals surface area contributed by atoms with Gasteiger partial charge in [-0.3, -0.25) is 4.79 Å². The van der Waals surface area contributed by atoms with Crippen LogP contribution in [-0.4, -0.2) is 28.1 Å². The van der Waals surface area contributed by atoms with Crippen molar-refractivity contribution in [3.63, 3.8) is 0 Å². The van der Waals surface area contributed by atoms with E-state index in [1.165, 1.54) is 12.4 Å². The van der Waals surface area contributed by atoms with Crippen LogP contribution in [0.3, 0.4) is 0 Å². The molecule has 0 aromatic carbocycles. The Kier molecular flexibility index (Phi) is 13.9. The highest BCUT2D eigenvalue weighted by molar-refractivity contribution is 6.28. The van der Waals surface area contributed by atoms with Gasteiger partial charge in [-0.15, -0.1) is 0 Å². The van der Waals surface area contributed by atoms with E-state index in [2.05, 4.69) is 9.97 Å². The number of carbonyl (C=O) groups excluding carboxylic acids is 1. The largest absolute Gasteiger partial charge is 0.490 e. The van der Waals surface area contributed by atoms with Crippen LogP contribution in [0.1, 0.15) is 61.3 Å². The maximum atomic E-state index is 11.4. The molecule has 0 spiro atoms. The summed E-state index contributed by atoms with van der Waals surface area (Å²) in [5.41, 5.74) is -0.443. The van der Waals surface area contributed by atoms with Crippen molar-refractivity contribution in [2.75, 3.05) is 6.61 Å². The third kappa shape index (κ3) is 13.6. The highest BCUT2D eigenvalue weighted by Crippen LogP contribution is 2.11. The van der Waals surface area contributed by atoms with Crippen molar-refractivity contribution in [2.45, 2.75) is 66.9 Å². The number of ether oxygens (including phenoxy) is 2. The van der Waals surface area contributed by atoms with E-state index in [0.29, 0.717) is 25.2 Å². The van der Waals surface area contributed by atoms with Crippen molar-refractivity contribution >= 4 is 17.6 Å². The number of rotatable bonds is 5. The summed E-state index contributed by atoms with van der Waals surface area (Å²) < 4.78 is 10.5. The van der Waals surface area contributed by atoms with Crippen LogP contribution in [0.5, 0.6) is 5.75 Å². The van der Waals surface area contributed by atoms with Crippen molar-refractivity contribution in [3.05, 3.63) is 17.7 Å². The molecule has 0 saturated heterocycles. The Morgan fingerprint density at radius 2 is 1.64 bits per heavy atom. The number of nitrogens with zero attached hydrogens (tertiary/aromatic N) is 2. The lowest BCUT2D eigenvalue weighted by Crippen LogP contribution is -2.23. The molecule has 0 unspecified atom stereocenters. The molecular formula is C16H29ClN2O3. The molecule has 22 heavy (non-hydrogen) atoms. The van der Waals surface area contributed by atoms with Gasteiger partial charge in [-0.25, -0.2) is 9.97 Å². The average Bonchev–Trinajstić information content (AvgIpc) is 2.48. The van der Waals surface area contributed by atoms with Crippen LogP contribution in [0.2, 0.25) is 5.28 Å². The van der Waals surface area contributed by atoms with Gasteiger partial charge >= 0.3 is 5.97 Å². The van der Waals surface area contributed by atoms with Gasteiger partial charge in [0.15, 0.2) is 5.75 Å². The molecule has 0 atom stereocenters. The predicted molar refractivity (Wildman–Crippen MR) is 90.3 cm³/mol. The molecule has 0 fully saturated rings. The van der Waals surface area contributed by atoms with Crippen LogP contribution in [0.4, 0.5) is 0 Å². The number of esters is 1. The molecule has 1 aromatic rings. The zero-order valence-electron chi connectivity index (χ0n) is 14.8. The van der Waals surface area contributed by atoms with Gasteiger partial charge in [0.25, 0.3) is 0 Å². The molecule has 1 rings (SSSR count). The molecule has 5 nitrogen and oxygen atoms in total. The maximum absolute atomic E-state index is 11.4. The third-order valence-electron chi connectivity index (χ3n) is 1.81. The summed E-state index contributed by atoms with van der Waals surface area (Å²) in [4.78, 5) is 19.0. The Bertz CT molecular complexity index is 389. The molecule has 0 bridgehead atoms. The molecule has 1 heterocycles. The summed E-state index contributed by atoms with van der Waals surface area (Å²) in [5.74, 6) is 0.307. The van der Waals surface area contributed by atoms with E-state index >= 15 is 0 Å². The Hall–Kier alpha value is -1.36. The van der Waals surface area contributed by atoms with E-state index in [0.717, 1.165) is 0 Å². The lowest BCUT2D eigenvalue weighted by Gasteiger charge is -2.19. The number of halogens is 1. The number of aromatic nitrogens is 2. The van der Waals surface area contributed by atoms with Gasteiger partial charge in [0.1, 0.15) is 5.60 Å². The molecule has 128 valence electrons. The molecule has 0 N–H and O–H groups in total. The van der Waals surface area contributed by atoms with Gasteiger partial charge in [-0.2, -0.15) is 0 Å². The second-order valence-corrected chi connectivity index (χ2v) is 5.06. The summed E-state index contributed by atoms with van der Waals surface area (Å²) in [6.45, 7) is 13.9. The lowest BCUT2D eigenvalue weighted by atomic mass is 10.2. The fourth-order valence-corrected chi connectivity index (χ4v) is 1.27. The second-order valence-electron chi connectivity index (χ2n) is 4.73. The second kappa shape index (κ2) is 13.3. The zero-order valence-corrected chi connectivity index (χ0v) is 15.5. The first-order valence-electron chi connectivity index (χ1n) is 7.69. The van der Waals surface area contributed by atoms with Crippen LogP contribution >= 0.6 is 11.6 Å². The van der Waals surface area contributed by atoms with Crippen LogP contribution in [0.15, 0.2) is 12.4 Å². The van der Waals surface area contributed by atoms with Crippen molar-refractivity contribution < 1.29 is 14.3 Å². The van der Waals surface area contributed by atoms with E-state index in [1.807, 2.05) is 48.5 Å². The summed E-state index contributed by atoms with van der Waals surface area (Å²) in [6, 6.07) is 0. The fourth-order valence-electron chi connectivity index (χ4n) is 1.17. The first-order valence-corrected chi connectivity index (χ1v) is 8.07. The minimum atomic E-state index is -0.443. The van der Waals surface area contributed by atoms with Crippen molar-refractivity contribution in [1.82, 2.24) is 9.97 Å². The molecule has 6 heteroatoms. The van der Waals surface area contributed by atoms with Gasteiger partial charge in [-0.1, -0.05) is 27.7 Å². The summed E-state index contributed by atoms with van der Waals surface area (Å²) in [7, 11) is 0. The van der Waals surface area contributed by atoms with Crippen molar-refractivity contribution in [1.29, 1.82) is 0 Å². The normalized spacial score (nSPS) is 9.64. The highest BCUT2D eigenvalue weighted by Gasteiger charge is 2.15. The van der Waals surface area contributed by atoms with Crippen LogP contribution in [0.25, 0.3) is 0 Å². The zero-order chi connectivity index (χ0) is 17.6. The van der Waals surface area contributed by atoms with Crippen LogP contribution < -0.4 is 4.74 Å². The SMILES string of the molecule is CC.CC.CC(C)(C)OC(=O)CCCOc1cnc(Cl)nc1. The summed E-state index contributed by atoms with van der Waals surface area (Å²) in [5, 5.41) is 0.177. The summed E-state index contributed by atoms with van der Waals surface area (Å²) in [6.07, 6.45) is 3.88. The van der Waals surface area contributed by atoms with E-state index in [4.69, 9.17) is 21.1 Å². The molecule has 1 aromatic heterocycles. The molecule has 0 aliphatic rings.